The third kappa shape index (κ3) is 9.89. The second kappa shape index (κ2) is 19.4. The quantitative estimate of drug-likeness (QED) is 0.0894. The highest BCUT2D eigenvalue weighted by Gasteiger charge is 2.40. The summed E-state index contributed by atoms with van der Waals surface area (Å²) in [5.74, 6) is 6.96. The summed E-state index contributed by atoms with van der Waals surface area (Å²) in [5, 5.41) is 19.7. The Balaban J connectivity index is 0.840. The Morgan fingerprint density at radius 2 is 1.75 bits per heavy atom. The van der Waals surface area contributed by atoms with Gasteiger partial charge in [-0.15, -0.1) is 0 Å². The number of carbonyl (C=O) groups excluding carboxylic acids is 3. The fourth-order valence-electron chi connectivity index (χ4n) is 9.11. The summed E-state index contributed by atoms with van der Waals surface area (Å²) in [7, 11) is -0.971. The van der Waals surface area contributed by atoms with Crippen LogP contribution in [0.2, 0.25) is 5.02 Å². The van der Waals surface area contributed by atoms with E-state index in [1.54, 1.807) is 31.4 Å². The van der Waals surface area contributed by atoms with Gasteiger partial charge in [0.05, 0.1) is 37.2 Å². The van der Waals surface area contributed by atoms with Crippen LogP contribution in [0.15, 0.2) is 60.8 Å². The van der Waals surface area contributed by atoms with E-state index in [1.807, 2.05) is 48.5 Å². The van der Waals surface area contributed by atoms with Gasteiger partial charge in [-0.1, -0.05) is 41.6 Å². The third-order valence-corrected chi connectivity index (χ3v) is 14.3. The number of rotatable bonds is 12. The van der Waals surface area contributed by atoms with Crippen LogP contribution in [0.5, 0.6) is 5.75 Å². The van der Waals surface area contributed by atoms with E-state index in [0.717, 1.165) is 81.0 Å². The highest BCUT2D eigenvalue weighted by molar-refractivity contribution is 7.70. The number of halogens is 1. The van der Waals surface area contributed by atoms with E-state index in [-0.39, 0.29) is 30.6 Å². The van der Waals surface area contributed by atoms with Gasteiger partial charge in [0, 0.05) is 99.4 Å². The minimum absolute atomic E-state index is 0.190. The number of para-hydroxylation sites is 1. The maximum atomic E-state index is 13.2. The molecule has 1 aromatic heterocycles. The summed E-state index contributed by atoms with van der Waals surface area (Å²) >= 11 is 6.51. The summed E-state index contributed by atoms with van der Waals surface area (Å²) in [4.78, 5) is 55.4. The molecule has 17 heteroatoms. The van der Waals surface area contributed by atoms with Crippen LogP contribution < -0.4 is 30.9 Å². The molecule has 64 heavy (non-hydrogen) atoms. The number of piperidine rings is 2. The van der Waals surface area contributed by atoms with Gasteiger partial charge in [0.15, 0.2) is 5.82 Å². The molecule has 3 aromatic carbocycles. The van der Waals surface area contributed by atoms with E-state index in [2.05, 4.69) is 58.5 Å². The van der Waals surface area contributed by atoms with Crippen molar-refractivity contribution in [2.45, 2.75) is 57.2 Å². The summed E-state index contributed by atoms with van der Waals surface area (Å²) < 4.78 is 18.8. The van der Waals surface area contributed by atoms with E-state index in [0.29, 0.717) is 64.3 Å². The average Bonchev–Trinajstić information content (AvgIpc) is 3.62. The Morgan fingerprint density at radius 3 is 2.48 bits per heavy atom. The standard InChI is InChI=1S/C47H52ClN10O5P/c1-63-41-28-40(32(16-19-49)27-38(41)52-47-50-29-36(48)44(54-47)51-37-12-4-5-13-42(37)64(2,3)62)57-21-17-33(18-22-57)56-25-23-55(24-26-56)20-7-6-9-31-10-8-11-34-35(31)30-58(46(34)61)39-14-15-43(59)53-45(39)60/h4-5,8,10-13,27-29,33,39H,7,14-18,20-26,30H2,1-3H3,(H,53,59,60)(H2,50,51,52,54). The van der Waals surface area contributed by atoms with Crippen molar-refractivity contribution in [1.29, 1.82) is 5.26 Å². The van der Waals surface area contributed by atoms with Gasteiger partial charge in [-0.2, -0.15) is 10.2 Å². The number of amides is 3. The molecular formula is C47H52ClN10O5P. The molecule has 0 aliphatic carbocycles. The van der Waals surface area contributed by atoms with Crippen molar-refractivity contribution in [3.05, 3.63) is 88.1 Å². The van der Waals surface area contributed by atoms with Gasteiger partial charge < -0.3 is 29.7 Å². The van der Waals surface area contributed by atoms with Gasteiger partial charge >= 0.3 is 0 Å². The lowest BCUT2D eigenvalue weighted by molar-refractivity contribution is -0.136. The molecule has 1 atom stereocenters. The normalized spacial score (nSPS) is 18.5. The lowest BCUT2D eigenvalue weighted by atomic mass is 9.99. The number of fused-ring (bicyclic) bond motifs is 1. The van der Waals surface area contributed by atoms with Crippen LogP contribution in [-0.4, -0.2) is 121 Å². The number of nitriles is 1. The summed E-state index contributed by atoms with van der Waals surface area (Å²) in [6.07, 6.45) is 5.00. The van der Waals surface area contributed by atoms with Crippen LogP contribution in [-0.2, 0) is 27.1 Å². The van der Waals surface area contributed by atoms with Crippen LogP contribution in [0, 0.1) is 23.2 Å². The number of hydrogen-bond acceptors (Lipinski definition) is 13. The number of aromatic nitrogens is 2. The number of hydrogen-bond donors (Lipinski definition) is 3. The predicted octanol–water partition coefficient (Wildman–Crippen LogP) is 5.73. The van der Waals surface area contributed by atoms with Gasteiger partial charge in [0.2, 0.25) is 17.8 Å². The first-order chi connectivity index (χ1) is 30.9. The lowest BCUT2D eigenvalue weighted by Gasteiger charge is -2.43. The Labute approximate surface area is 378 Å². The number of anilines is 5. The van der Waals surface area contributed by atoms with Crippen molar-refractivity contribution in [1.82, 2.24) is 30.0 Å². The molecule has 3 fully saturated rings. The lowest BCUT2D eigenvalue weighted by Crippen LogP contribution is -2.53. The molecular weight excluding hydrogens is 851 g/mol. The predicted molar refractivity (Wildman–Crippen MR) is 249 cm³/mol. The third-order valence-electron chi connectivity index (χ3n) is 12.5. The molecule has 3 N–H and O–H groups in total. The maximum Gasteiger partial charge on any atom is 0.255 e. The molecule has 15 nitrogen and oxygen atoms in total. The van der Waals surface area contributed by atoms with E-state index in [1.165, 1.54) is 6.20 Å². The molecule has 0 spiro atoms. The van der Waals surface area contributed by atoms with Gasteiger partial charge in [-0.3, -0.25) is 29.5 Å². The number of ether oxygens (including phenoxy) is 1. The summed E-state index contributed by atoms with van der Waals surface area (Å²) in [5.41, 5.74) is 5.36. The van der Waals surface area contributed by atoms with Gasteiger partial charge in [-0.25, -0.2) is 4.98 Å². The Hall–Kier alpha value is -5.96. The zero-order valence-electron chi connectivity index (χ0n) is 36.3. The van der Waals surface area contributed by atoms with Gasteiger partial charge in [0.1, 0.15) is 24.0 Å². The second-order valence-electron chi connectivity index (χ2n) is 16.9. The van der Waals surface area contributed by atoms with E-state index in [4.69, 9.17) is 16.3 Å². The van der Waals surface area contributed by atoms with Crippen molar-refractivity contribution in [2.75, 3.05) is 81.8 Å². The first-order valence-electron chi connectivity index (χ1n) is 21.7. The van der Waals surface area contributed by atoms with Crippen molar-refractivity contribution in [3.8, 4) is 23.7 Å². The fourth-order valence-corrected chi connectivity index (χ4v) is 10.4. The molecule has 4 aromatic rings. The Bertz CT molecular complexity index is 2600. The monoisotopic (exact) mass is 902 g/mol. The molecule has 1 unspecified atom stereocenters. The van der Waals surface area contributed by atoms with Crippen LogP contribution in [0.25, 0.3) is 0 Å². The topological polar surface area (TPSA) is 176 Å². The molecule has 3 amide bonds. The van der Waals surface area contributed by atoms with E-state index in [9.17, 15) is 24.2 Å². The van der Waals surface area contributed by atoms with Crippen LogP contribution in [0.1, 0.15) is 59.2 Å². The molecule has 0 saturated carbocycles. The van der Waals surface area contributed by atoms with Crippen molar-refractivity contribution in [3.63, 3.8) is 0 Å². The minimum atomic E-state index is -2.59. The number of benzene rings is 3. The second-order valence-corrected chi connectivity index (χ2v) is 20.5. The molecule has 0 radical (unpaired) electrons. The van der Waals surface area contributed by atoms with Gasteiger partial charge in [0.25, 0.3) is 5.91 Å². The molecule has 0 bridgehead atoms. The largest absolute Gasteiger partial charge is 0.494 e. The number of methoxy groups -OCH3 is 1. The van der Waals surface area contributed by atoms with Crippen LogP contribution in [0.3, 0.4) is 0 Å². The number of carbonyl (C=O) groups is 3. The first-order valence-corrected chi connectivity index (χ1v) is 24.6. The van der Waals surface area contributed by atoms with Crippen molar-refractivity contribution in [2.24, 2.45) is 0 Å². The Morgan fingerprint density at radius 1 is 0.969 bits per heavy atom. The van der Waals surface area contributed by atoms with Crippen molar-refractivity contribution >= 4 is 70.6 Å². The number of imide groups is 1. The Kier molecular flexibility index (Phi) is 13.5. The smallest absolute Gasteiger partial charge is 0.255 e. The van der Waals surface area contributed by atoms with Crippen LogP contribution in [0.4, 0.5) is 28.8 Å². The maximum absolute atomic E-state index is 13.2. The number of piperazine rings is 1. The zero-order chi connectivity index (χ0) is 45.0. The zero-order valence-corrected chi connectivity index (χ0v) is 38.0. The van der Waals surface area contributed by atoms with E-state index < -0.39 is 19.1 Å². The number of nitrogens with zero attached hydrogens (tertiary/aromatic N) is 7. The average molecular weight is 903 g/mol. The van der Waals surface area contributed by atoms with Gasteiger partial charge in [-0.05, 0) is 74.1 Å². The molecule has 4 aliphatic rings. The summed E-state index contributed by atoms with van der Waals surface area (Å²) in [6.45, 7) is 10.2. The van der Waals surface area contributed by atoms with Crippen molar-refractivity contribution < 1.29 is 23.7 Å². The molecule has 8 rings (SSSR count). The SMILES string of the molecule is COc1cc(N2CCC(N3CCN(CCC#Cc4cccc5c4CN(C4CCC(=O)NC4=O)C5=O)CC3)CC2)c(CC#N)cc1Nc1ncc(Cl)c(Nc2ccccc2P(C)(C)=O)n1. The summed E-state index contributed by atoms with van der Waals surface area (Å²) in [6, 6.07) is 19.0. The highest BCUT2D eigenvalue weighted by Crippen LogP contribution is 2.40. The molecule has 4 aliphatic heterocycles. The fraction of sp³-hybridized carbons (Fsp3) is 0.404. The molecule has 5 heterocycles. The van der Waals surface area contributed by atoms with Crippen LogP contribution >= 0.6 is 18.7 Å². The highest BCUT2D eigenvalue weighted by atomic mass is 35.5. The molecule has 3 saturated heterocycles. The first kappa shape index (κ1) is 44.6. The number of nitrogens with one attached hydrogen (secondary N) is 3. The minimum Gasteiger partial charge on any atom is -0.494 e. The van der Waals surface area contributed by atoms with E-state index >= 15 is 0 Å². The molecule has 332 valence electrons.